The van der Waals surface area contributed by atoms with Gasteiger partial charge in [0.1, 0.15) is 22.7 Å². The number of nitrogens with one attached hydrogen (secondary N) is 3. The number of hydrogen-bond donors (Lipinski definition) is 3. The van der Waals surface area contributed by atoms with Crippen molar-refractivity contribution in [1.82, 2.24) is 39.5 Å². The number of halogens is 1. The van der Waals surface area contributed by atoms with E-state index in [-0.39, 0.29) is 23.9 Å². The molecule has 3 N–H and O–H groups in total. The average molecular weight is 812 g/mol. The summed E-state index contributed by atoms with van der Waals surface area (Å²) in [4.78, 5) is 60.0. The fourth-order valence-corrected chi connectivity index (χ4v) is 8.75. The molecule has 2 saturated heterocycles. The first kappa shape index (κ1) is 39.6. The predicted molar refractivity (Wildman–Crippen MR) is 229 cm³/mol. The van der Waals surface area contributed by atoms with Crippen LogP contribution in [0.25, 0.3) is 33.6 Å². The molecule has 0 unspecified atom stereocenters. The number of carbonyl (C=O) groups is 3. The molecule has 3 atom stereocenters. The van der Waals surface area contributed by atoms with Gasteiger partial charge in [0.2, 0.25) is 0 Å². The Labute approximate surface area is 348 Å². The standard InChI is InChI=1S/C46H47ClN8O4/c1-55(2,40-16-8-7-13-35(40)47)29-41(56)53-25-9-14-38(53)43-48-27-36(50-43)32-21-17-30(18-22-32)31-19-23-33(24-20-31)37-28-49-44(51-37)39-15-10-26-54(39)45(57)42(52-46(58)59-3)34-11-5-4-6-12-34/h4-8,11-13,16-24,27-28,38-39,42H,9-10,14-15,25-26,29H2,1-3H3,(H2-,48,49,50,51,52,58)/p+1/t38-,39-,42+/m0/s1. The van der Waals surface area contributed by atoms with Crippen LogP contribution in [0.3, 0.4) is 0 Å². The number of alkyl carbamates (subject to hydrolysis) is 1. The molecule has 0 bridgehead atoms. The zero-order chi connectivity index (χ0) is 41.1. The van der Waals surface area contributed by atoms with Crippen LogP contribution in [0.1, 0.15) is 61.0 Å². The highest BCUT2D eigenvalue weighted by Crippen LogP contribution is 2.36. The first-order valence-electron chi connectivity index (χ1n) is 20.0. The van der Waals surface area contributed by atoms with Gasteiger partial charge in [0.25, 0.3) is 11.8 Å². The number of hydrogen-bond acceptors (Lipinski definition) is 6. The zero-order valence-corrected chi connectivity index (χ0v) is 34.2. The average Bonchev–Trinajstić information content (AvgIpc) is 4.10. The number of nitrogens with zero attached hydrogens (tertiary/aromatic N) is 5. The second-order valence-corrected chi connectivity index (χ2v) is 16.1. The summed E-state index contributed by atoms with van der Waals surface area (Å²) < 4.78 is 5.20. The molecule has 59 heavy (non-hydrogen) atoms. The molecule has 302 valence electrons. The third-order valence-electron chi connectivity index (χ3n) is 11.5. The Bertz CT molecular complexity index is 2430. The zero-order valence-electron chi connectivity index (χ0n) is 33.4. The van der Waals surface area contributed by atoms with Crippen LogP contribution < -0.4 is 9.80 Å². The first-order chi connectivity index (χ1) is 28.6. The molecule has 8 rings (SSSR count). The highest BCUT2D eigenvalue weighted by Gasteiger charge is 2.38. The highest BCUT2D eigenvalue weighted by molar-refractivity contribution is 6.33. The molecule has 2 fully saturated rings. The van der Waals surface area contributed by atoms with Gasteiger partial charge in [-0.05, 0) is 59.6 Å². The molecule has 0 spiro atoms. The number of likely N-dealkylation sites (tertiary alicyclic amines) is 2. The normalized spacial score (nSPS) is 17.2. The lowest BCUT2D eigenvalue weighted by Gasteiger charge is -2.32. The summed E-state index contributed by atoms with van der Waals surface area (Å²) in [7, 11) is 5.31. The van der Waals surface area contributed by atoms with Crippen LogP contribution in [0.5, 0.6) is 0 Å². The van der Waals surface area contributed by atoms with Crippen LogP contribution in [0.4, 0.5) is 10.5 Å². The van der Waals surface area contributed by atoms with Gasteiger partial charge in [-0.15, -0.1) is 0 Å². The van der Waals surface area contributed by atoms with E-state index in [1.807, 2.05) is 86.0 Å². The summed E-state index contributed by atoms with van der Waals surface area (Å²) in [5.74, 6) is 1.38. The second-order valence-electron chi connectivity index (χ2n) is 15.7. The second kappa shape index (κ2) is 16.9. The summed E-state index contributed by atoms with van der Waals surface area (Å²) in [6.45, 7) is 1.56. The van der Waals surface area contributed by atoms with Crippen molar-refractivity contribution in [3.05, 3.63) is 138 Å². The number of methoxy groups -OCH3 is 1. The van der Waals surface area contributed by atoms with E-state index in [9.17, 15) is 14.4 Å². The van der Waals surface area contributed by atoms with Gasteiger partial charge >= 0.3 is 6.09 Å². The predicted octanol–water partition coefficient (Wildman–Crippen LogP) is 8.48. The third-order valence-corrected chi connectivity index (χ3v) is 11.8. The highest BCUT2D eigenvalue weighted by atomic mass is 35.5. The van der Waals surface area contributed by atoms with E-state index in [4.69, 9.17) is 26.3 Å². The van der Waals surface area contributed by atoms with E-state index in [1.54, 1.807) is 4.90 Å². The Balaban J connectivity index is 0.914. The van der Waals surface area contributed by atoms with Crippen LogP contribution in [0.2, 0.25) is 5.02 Å². The molecule has 0 radical (unpaired) electrons. The maximum atomic E-state index is 13.9. The Kier molecular flexibility index (Phi) is 11.4. The maximum Gasteiger partial charge on any atom is 0.407 e. The Morgan fingerprint density at radius 2 is 1.25 bits per heavy atom. The minimum atomic E-state index is -0.874. The Morgan fingerprint density at radius 3 is 1.81 bits per heavy atom. The van der Waals surface area contributed by atoms with E-state index in [1.165, 1.54) is 7.11 Å². The number of likely N-dealkylation sites (N-methyl/N-ethyl adjacent to an activating group) is 1. The van der Waals surface area contributed by atoms with E-state index in [0.717, 1.165) is 70.8 Å². The maximum absolute atomic E-state index is 13.9. The quantitative estimate of drug-likeness (QED) is 0.112. The number of aromatic nitrogens is 4. The molecule has 13 heteroatoms. The van der Waals surface area contributed by atoms with Gasteiger partial charge < -0.3 is 29.8 Å². The van der Waals surface area contributed by atoms with E-state index in [2.05, 4.69) is 63.8 Å². The lowest BCUT2D eigenvalue weighted by molar-refractivity contribution is -0.134. The van der Waals surface area contributed by atoms with Crippen LogP contribution in [0, 0.1) is 0 Å². The van der Waals surface area contributed by atoms with Crippen molar-refractivity contribution in [3.8, 4) is 33.6 Å². The lowest BCUT2D eigenvalue weighted by atomic mass is 10.0. The van der Waals surface area contributed by atoms with Gasteiger partial charge in [0, 0.05) is 19.2 Å². The number of rotatable bonds is 11. The minimum absolute atomic E-state index is 0.0784. The molecular formula is C46H48ClN8O4+. The number of para-hydroxylation sites is 1. The molecule has 0 aliphatic carbocycles. The summed E-state index contributed by atoms with van der Waals surface area (Å²) in [5, 5.41) is 3.37. The smallest absolute Gasteiger partial charge is 0.407 e. The fraction of sp³-hybridized carbons (Fsp3) is 0.283. The van der Waals surface area contributed by atoms with E-state index >= 15 is 0 Å². The molecular weight excluding hydrogens is 764 g/mol. The third kappa shape index (κ3) is 8.37. The number of aromatic amines is 2. The van der Waals surface area contributed by atoms with Crippen LogP contribution in [-0.4, -0.2) is 88.5 Å². The van der Waals surface area contributed by atoms with Gasteiger partial charge in [0.05, 0.1) is 57.1 Å². The van der Waals surface area contributed by atoms with Crippen LogP contribution >= 0.6 is 11.6 Å². The largest absolute Gasteiger partial charge is 0.453 e. The fourth-order valence-electron chi connectivity index (χ4n) is 8.39. The molecule has 0 saturated carbocycles. The van der Waals surface area contributed by atoms with Crippen molar-refractivity contribution >= 4 is 35.2 Å². The van der Waals surface area contributed by atoms with Crippen molar-refractivity contribution in [3.63, 3.8) is 0 Å². The van der Waals surface area contributed by atoms with Crippen molar-refractivity contribution in [1.29, 1.82) is 0 Å². The molecule has 3 amide bonds. The summed E-state index contributed by atoms with van der Waals surface area (Å²) >= 11 is 6.50. The molecule has 12 nitrogen and oxygen atoms in total. The lowest BCUT2D eigenvalue weighted by Crippen LogP contribution is -2.49. The Hall–Kier alpha value is -6.24. The number of carbonyl (C=O) groups excluding carboxylic acids is 3. The number of amides is 3. The molecule has 4 aromatic carbocycles. The van der Waals surface area contributed by atoms with Crippen molar-refractivity contribution in [2.75, 3.05) is 40.8 Å². The van der Waals surface area contributed by atoms with Gasteiger partial charge in [-0.3, -0.25) is 14.1 Å². The summed E-state index contributed by atoms with van der Waals surface area (Å²) in [6.07, 6.45) is 6.36. The molecule has 2 aromatic heterocycles. The topological polar surface area (TPSA) is 136 Å². The van der Waals surface area contributed by atoms with Crippen molar-refractivity contribution in [2.45, 2.75) is 43.8 Å². The number of quaternary nitrogens is 1. The van der Waals surface area contributed by atoms with E-state index < -0.39 is 12.1 Å². The van der Waals surface area contributed by atoms with E-state index in [0.29, 0.717) is 40.5 Å². The number of H-pyrrole nitrogens is 2. The number of imidazole rings is 2. The van der Waals surface area contributed by atoms with Gasteiger partial charge in [0.15, 0.2) is 12.2 Å². The van der Waals surface area contributed by atoms with Gasteiger partial charge in [-0.25, -0.2) is 14.8 Å². The van der Waals surface area contributed by atoms with Crippen LogP contribution in [-0.2, 0) is 14.3 Å². The Morgan fingerprint density at radius 1 is 0.746 bits per heavy atom. The van der Waals surface area contributed by atoms with Gasteiger partial charge in [-0.1, -0.05) is 103 Å². The van der Waals surface area contributed by atoms with Crippen molar-refractivity contribution in [2.24, 2.45) is 0 Å². The number of benzene rings is 4. The molecule has 2 aliphatic rings. The minimum Gasteiger partial charge on any atom is -0.453 e. The molecule has 2 aliphatic heterocycles. The number of ether oxygens (including phenoxy) is 1. The summed E-state index contributed by atoms with van der Waals surface area (Å²) in [6, 6.07) is 32.3. The molecule has 6 aromatic rings. The molecule has 4 heterocycles. The van der Waals surface area contributed by atoms with Gasteiger partial charge in [-0.2, -0.15) is 0 Å². The van der Waals surface area contributed by atoms with Crippen LogP contribution in [0.15, 0.2) is 116 Å². The monoisotopic (exact) mass is 811 g/mol. The SMILES string of the molecule is COC(=O)N[C@@H](C(=O)N1CCC[C@H]1c1ncc(-c2ccc(-c3ccc(-c4cnc([C@@H]5CCCN5C(=O)C[N+](C)(C)c5ccccc5Cl)[nH]4)cc3)cc2)[nH]1)c1ccccc1. The summed E-state index contributed by atoms with van der Waals surface area (Å²) in [5.41, 5.74) is 7.49. The first-order valence-corrected chi connectivity index (χ1v) is 20.4. The van der Waals surface area contributed by atoms with Crippen molar-refractivity contribution < 1.29 is 19.1 Å².